The molecule has 3 aromatic rings. The predicted octanol–water partition coefficient (Wildman–Crippen LogP) is 2.53. The Hall–Kier alpha value is -3.03. The predicted molar refractivity (Wildman–Crippen MR) is 107 cm³/mol. The summed E-state index contributed by atoms with van der Waals surface area (Å²) in [6.45, 7) is 0.660. The van der Waals surface area contributed by atoms with E-state index in [1.807, 2.05) is 30.3 Å². The third-order valence-corrected chi connectivity index (χ3v) is 5.58. The molecule has 0 bridgehead atoms. The van der Waals surface area contributed by atoms with Crippen LogP contribution in [0, 0.1) is 0 Å². The number of hydrogen-bond donors (Lipinski definition) is 2. The van der Waals surface area contributed by atoms with Crippen molar-refractivity contribution in [2.75, 3.05) is 6.54 Å². The van der Waals surface area contributed by atoms with Crippen LogP contribution in [-0.2, 0) is 23.0 Å². The molecule has 0 saturated heterocycles. The summed E-state index contributed by atoms with van der Waals surface area (Å²) >= 11 is 0. The number of pyridine rings is 1. The van der Waals surface area contributed by atoms with Gasteiger partial charge in [-0.3, -0.25) is 9.78 Å². The molecule has 6 nitrogen and oxygen atoms in total. The maximum absolute atomic E-state index is 12.4. The lowest BCUT2D eigenvalue weighted by Crippen LogP contribution is -2.26. The van der Waals surface area contributed by atoms with Crippen molar-refractivity contribution in [1.82, 2.24) is 15.0 Å². The van der Waals surface area contributed by atoms with Crippen molar-refractivity contribution in [1.29, 1.82) is 0 Å². The molecule has 0 aliphatic carbocycles. The molecule has 0 saturated carbocycles. The van der Waals surface area contributed by atoms with Crippen molar-refractivity contribution in [2.24, 2.45) is 0 Å². The Morgan fingerprint density at radius 1 is 0.893 bits per heavy atom. The third kappa shape index (κ3) is 5.48. The summed E-state index contributed by atoms with van der Waals surface area (Å²) in [5, 5.41) is 2.84. The molecule has 0 fully saturated rings. The zero-order chi connectivity index (χ0) is 19.8. The number of benzene rings is 2. The average molecular weight is 395 g/mol. The van der Waals surface area contributed by atoms with Gasteiger partial charge in [-0.15, -0.1) is 0 Å². The number of carbonyl (C=O) groups is 1. The standard InChI is InChI=1S/C21H21N3O3S/c25-21(23-14-12-17-5-2-1-3-6-17)19-8-10-20(11-9-19)28(26,27)24-16-18-7-4-13-22-15-18/h1-11,13,15,24H,12,14,16H2,(H,23,25). The van der Waals surface area contributed by atoms with E-state index in [1.54, 1.807) is 24.5 Å². The van der Waals surface area contributed by atoms with Gasteiger partial charge in [-0.2, -0.15) is 0 Å². The fourth-order valence-corrected chi connectivity index (χ4v) is 3.63. The summed E-state index contributed by atoms with van der Waals surface area (Å²) in [6, 6.07) is 19.3. The van der Waals surface area contributed by atoms with E-state index in [2.05, 4.69) is 15.0 Å². The van der Waals surface area contributed by atoms with Gasteiger partial charge in [-0.05, 0) is 47.9 Å². The van der Waals surface area contributed by atoms with Gasteiger partial charge in [0, 0.05) is 31.0 Å². The quantitative estimate of drug-likeness (QED) is 0.613. The summed E-state index contributed by atoms with van der Waals surface area (Å²) in [4.78, 5) is 16.3. The monoisotopic (exact) mass is 395 g/mol. The molecule has 1 amide bonds. The van der Waals surface area contributed by atoms with E-state index in [9.17, 15) is 13.2 Å². The molecule has 0 aliphatic heterocycles. The lowest BCUT2D eigenvalue weighted by Gasteiger charge is -2.08. The highest BCUT2D eigenvalue weighted by molar-refractivity contribution is 7.89. The third-order valence-electron chi connectivity index (χ3n) is 4.16. The Bertz CT molecular complexity index is 1010. The first-order valence-electron chi connectivity index (χ1n) is 8.85. The molecule has 0 aliphatic rings. The van der Waals surface area contributed by atoms with Gasteiger partial charge in [0.1, 0.15) is 0 Å². The molecule has 3 rings (SSSR count). The largest absolute Gasteiger partial charge is 0.352 e. The van der Waals surface area contributed by atoms with Gasteiger partial charge in [0.2, 0.25) is 10.0 Å². The zero-order valence-corrected chi connectivity index (χ0v) is 16.0. The normalized spacial score (nSPS) is 11.1. The molecular weight excluding hydrogens is 374 g/mol. The number of amides is 1. The second-order valence-electron chi connectivity index (χ2n) is 6.20. The Morgan fingerprint density at radius 2 is 1.61 bits per heavy atom. The number of hydrogen-bond acceptors (Lipinski definition) is 4. The molecule has 0 spiro atoms. The molecule has 28 heavy (non-hydrogen) atoms. The highest BCUT2D eigenvalue weighted by Gasteiger charge is 2.14. The van der Waals surface area contributed by atoms with Crippen LogP contribution in [0.2, 0.25) is 0 Å². The smallest absolute Gasteiger partial charge is 0.251 e. The van der Waals surface area contributed by atoms with E-state index in [-0.39, 0.29) is 17.3 Å². The lowest BCUT2D eigenvalue weighted by molar-refractivity contribution is 0.0954. The molecule has 1 heterocycles. The summed E-state index contributed by atoms with van der Waals surface area (Å²) in [5.74, 6) is -0.233. The van der Waals surface area contributed by atoms with Crippen LogP contribution < -0.4 is 10.0 Å². The van der Waals surface area contributed by atoms with Crippen molar-refractivity contribution in [3.63, 3.8) is 0 Å². The van der Waals surface area contributed by atoms with Crippen LogP contribution in [-0.4, -0.2) is 25.9 Å². The SMILES string of the molecule is O=C(NCCc1ccccc1)c1ccc(S(=O)(=O)NCc2cccnc2)cc1. The number of nitrogens with one attached hydrogen (secondary N) is 2. The fraction of sp³-hybridized carbons (Fsp3) is 0.143. The second-order valence-corrected chi connectivity index (χ2v) is 7.97. The summed E-state index contributed by atoms with van der Waals surface area (Å²) in [5.41, 5.74) is 2.32. The van der Waals surface area contributed by atoms with E-state index < -0.39 is 10.0 Å². The first-order chi connectivity index (χ1) is 13.5. The fourth-order valence-electron chi connectivity index (χ4n) is 2.62. The Balaban J connectivity index is 1.55. The maximum atomic E-state index is 12.4. The van der Waals surface area contributed by atoms with Crippen molar-refractivity contribution in [3.8, 4) is 0 Å². The Morgan fingerprint density at radius 3 is 2.29 bits per heavy atom. The average Bonchev–Trinajstić information content (AvgIpc) is 2.74. The van der Waals surface area contributed by atoms with Gasteiger partial charge < -0.3 is 5.32 Å². The Kier molecular flexibility index (Phi) is 6.52. The van der Waals surface area contributed by atoms with Gasteiger partial charge in [0.05, 0.1) is 4.90 Å². The minimum atomic E-state index is -3.66. The molecule has 0 unspecified atom stereocenters. The van der Waals surface area contributed by atoms with Crippen LogP contribution in [0.5, 0.6) is 0 Å². The number of rotatable bonds is 8. The first kappa shape index (κ1) is 19.7. The van der Waals surface area contributed by atoms with Crippen LogP contribution in [0.3, 0.4) is 0 Å². The van der Waals surface area contributed by atoms with Crippen LogP contribution in [0.15, 0.2) is 84.0 Å². The molecule has 0 radical (unpaired) electrons. The van der Waals surface area contributed by atoms with Crippen molar-refractivity contribution >= 4 is 15.9 Å². The van der Waals surface area contributed by atoms with Gasteiger partial charge in [-0.25, -0.2) is 13.1 Å². The van der Waals surface area contributed by atoms with Crippen LogP contribution in [0.25, 0.3) is 0 Å². The van der Waals surface area contributed by atoms with E-state index in [4.69, 9.17) is 0 Å². The van der Waals surface area contributed by atoms with E-state index >= 15 is 0 Å². The second kappa shape index (κ2) is 9.25. The molecule has 7 heteroatoms. The van der Waals surface area contributed by atoms with E-state index in [1.165, 1.54) is 24.3 Å². The minimum Gasteiger partial charge on any atom is -0.352 e. The lowest BCUT2D eigenvalue weighted by atomic mass is 10.1. The van der Waals surface area contributed by atoms with Gasteiger partial charge in [-0.1, -0.05) is 36.4 Å². The highest BCUT2D eigenvalue weighted by Crippen LogP contribution is 2.11. The topological polar surface area (TPSA) is 88.2 Å². The minimum absolute atomic E-state index is 0.109. The first-order valence-corrected chi connectivity index (χ1v) is 10.3. The molecule has 0 atom stereocenters. The van der Waals surface area contributed by atoms with E-state index in [0.717, 1.165) is 17.5 Å². The number of nitrogens with zero attached hydrogens (tertiary/aromatic N) is 1. The van der Waals surface area contributed by atoms with Gasteiger partial charge >= 0.3 is 0 Å². The van der Waals surface area contributed by atoms with Gasteiger partial charge in [0.15, 0.2) is 0 Å². The van der Waals surface area contributed by atoms with Crippen molar-refractivity contribution in [2.45, 2.75) is 17.9 Å². The van der Waals surface area contributed by atoms with E-state index in [0.29, 0.717) is 12.1 Å². The molecule has 2 aromatic carbocycles. The molecule has 2 N–H and O–H groups in total. The van der Waals surface area contributed by atoms with Gasteiger partial charge in [0.25, 0.3) is 5.91 Å². The zero-order valence-electron chi connectivity index (χ0n) is 15.2. The van der Waals surface area contributed by atoms with Crippen LogP contribution in [0.1, 0.15) is 21.5 Å². The summed E-state index contributed by atoms with van der Waals surface area (Å²) in [6.07, 6.45) is 3.96. The maximum Gasteiger partial charge on any atom is 0.251 e. The Labute approximate surface area is 164 Å². The van der Waals surface area contributed by atoms with Crippen molar-refractivity contribution < 1.29 is 13.2 Å². The number of sulfonamides is 1. The van der Waals surface area contributed by atoms with Crippen LogP contribution >= 0.6 is 0 Å². The highest BCUT2D eigenvalue weighted by atomic mass is 32.2. The molecule has 144 valence electrons. The van der Waals surface area contributed by atoms with Crippen molar-refractivity contribution in [3.05, 3.63) is 95.8 Å². The number of carbonyl (C=O) groups excluding carboxylic acids is 1. The summed E-state index contributed by atoms with van der Waals surface area (Å²) in [7, 11) is -3.66. The number of aromatic nitrogens is 1. The summed E-state index contributed by atoms with van der Waals surface area (Å²) < 4.78 is 27.3. The molecule has 1 aromatic heterocycles. The molecular formula is C21H21N3O3S. The van der Waals surface area contributed by atoms with Crippen LogP contribution in [0.4, 0.5) is 0 Å².